The quantitative estimate of drug-likeness (QED) is 0.406. The number of likely N-dealkylation sites (tertiary alicyclic amines) is 1. The van der Waals surface area contributed by atoms with Gasteiger partial charge in [-0.3, -0.25) is 9.36 Å². The molecule has 0 spiro atoms. The van der Waals surface area contributed by atoms with Crippen LogP contribution in [0.15, 0.2) is 40.3 Å². The first-order valence-corrected chi connectivity index (χ1v) is 12.1. The molecule has 1 aromatic carbocycles. The van der Waals surface area contributed by atoms with E-state index in [9.17, 15) is 4.79 Å². The fraction of sp³-hybridized carbons (Fsp3) is 0.455. The number of hydrogen-bond donors (Lipinski definition) is 0. The fourth-order valence-corrected chi connectivity index (χ4v) is 6.01. The number of thiophene rings is 1. The van der Waals surface area contributed by atoms with Crippen molar-refractivity contribution < 1.29 is 4.74 Å². The summed E-state index contributed by atoms with van der Waals surface area (Å²) in [6, 6.07) is 10.4. The van der Waals surface area contributed by atoms with E-state index in [-0.39, 0.29) is 5.56 Å². The summed E-state index contributed by atoms with van der Waals surface area (Å²) >= 11 is 3.28. The Balaban J connectivity index is 1.48. The van der Waals surface area contributed by atoms with Gasteiger partial charge in [0.25, 0.3) is 5.56 Å². The highest BCUT2D eigenvalue weighted by Gasteiger charge is 2.29. The van der Waals surface area contributed by atoms with Crippen LogP contribution in [0.5, 0.6) is 5.75 Å². The maximum atomic E-state index is 13.3. The maximum Gasteiger partial charge on any atom is 0.272 e. The Morgan fingerprint density at radius 1 is 1.24 bits per heavy atom. The lowest BCUT2D eigenvalue weighted by atomic mass is 10.2. The summed E-state index contributed by atoms with van der Waals surface area (Å²) in [6.07, 6.45) is 4.79. The third kappa shape index (κ3) is 3.96. The molecule has 5 nitrogen and oxygen atoms in total. The van der Waals surface area contributed by atoms with Gasteiger partial charge >= 0.3 is 0 Å². The molecule has 1 saturated carbocycles. The van der Waals surface area contributed by atoms with Gasteiger partial charge in [0.15, 0.2) is 5.16 Å². The minimum Gasteiger partial charge on any atom is -0.497 e. The van der Waals surface area contributed by atoms with Crippen molar-refractivity contribution >= 4 is 33.3 Å². The molecule has 2 aromatic heterocycles. The fourth-order valence-electron chi connectivity index (χ4n) is 3.92. The van der Waals surface area contributed by atoms with Crippen LogP contribution >= 0.6 is 23.1 Å². The predicted octanol–water partition coefficient (Wildman–Crippen LogP) is 4.66. The number of nitrogens with zero attached hydrogens (tertiary/aromatic N) is 3. The molecule has 5 rings (SSSR count). The summed E-state index contributed by atoms with van der Waals surface area (Å²) in [7, 11) is 1.67. The van der Waals surface area contributed by atoms with Gasteiger partial charge in [-0.05, 0) is 62.5 Å². The lowest BCUT2D eigenvalue weighted by Gasteiger charge is -2.15. The van der Waals surface area contributed by atoms with Crippen LogP contribution < -0.4 is 10.3 Å². The highest BCUT2D eigenvalue weighted by atomic mass is 32.2. The Morgan fingerprint density at radius 3 is 2.83 bits per heavy atom. The Bertz CT molecular complexity index is 1080. The third-order valence-corrected chi connectivity index (χ3v) is 7.75. The van der Waals surface area contributed by atoms with Crippen molar-refractivity contribution in [3.8, 4) is 16.2 Å². The second-order valence-corrected chi connectivity index (χ2v) is 9.87. The summed E-state index contributed by atoms with van der Waals surface area (Å²) < 4.78 is 8.08. The number of thioether (sulfide) groups is 1. The molecule has 152 valence electrons. The van der Waals surface area contributed by atoms with Crippen LogP contribution in [0.3, 0.4) is 0 Å². The molecule has 1 saturated heterocycles. The number of fused-ring (bicyclic) bond motifs is 1. The molecule has 1 aliphatic carbocycles. The van der Waals surface area contributed by atoms with Gasteiger partial charge in [-0.25, -0.2) is 4.98 Å². The molecule has 0 radical (unpaired) electrons. The van der Waals surface area contributed by atoms with E-state index in [2.05, 4.69) is 17.0 Å². The van der Waals surface area contributed by atoms with Crippen LogP contribution in [0.2, 0.25) is 0 Å². The zero-order valence-corrected chi connectivity index (χ0v) is 18.2. The zero-order valence-electron chi connectivity index (χ0n) is 16.6. The minimum atomic E-state index is 0.125. The number of aromatic nitrogens is 2. The highest BCUT2D eigenvalue weighted by Crippen LogP contribution is 2.39. The van der Waals surface area contributed by atoms with Crippen LogP contribution in [0, 0.1) is 0 Å². The standard InChI is InChI=1S/C22H25N3O2S2/c1-27-17-6-4-5-15(13-17)19-14-18-20(29-19)21(26)25(16-7-8-16)22(23-18)28-12-11-24-9-2-3-10-24/h4-6,13-14,16H,2-3,7-12H2,1H3. The first-order chi connectivity index (χ1) is 14.2. The van der Waals surface area contributed by atoms with E-state index >= 15 is 0 Å². The Kier molecular flexibility index (Phi) is 5.37. The van der Waals surface area contributed by atoms with Crippen LogP contribution in [-0.4, -0.2) is 46.9 Å². The van der Waals surface area contributed by atoms with Crippen molar-refractivity contribution in [2.45, 2.75) is 36.9 Å². The molecule has 1 aliphatic heterocycles. The molecule has 7 heteroatoms. The number of benzene rings is 1. The second kappa shape index (κ2) is 8.13. The van der Waals surface area contributed by atoms with Crippen molar-refractivity contribution in [3.63, 3.8) is 0 Å². The molecule has 0 atom stereocenters. The van der Waals surface area contributed by atoms with Crippen LogP contribution in [0.4, 0.5) is 0 Å². The van der Waals surface area contributed by atoms with E-state index in [1.165, 1.54) is 37.3 Å². The molecular weight excluding hydrogens is 402 g/mol. The van der Waals surface area contributed by atoms with E-state index in [1.807, 2.05) is 22.8 Å². The van der Waals surface area contributed by atoms with E-state index in [1.54, 1.807) is 18.9 Å². The van der Waals surface area contributed by atoms with Crippen molar-refractivity contribution in [1.82, 2.24) is 14.5 Å². The third-order valence-electron chi connectivity index (χ3n) is 5.65. The monoisotopic (exact) mass is 427 g/mol. The Hall–Kier alpha value is -1.83. The lowest BCUT2D eigenvalue weighted by molar-refractivity contribution is 0.362. The van der Waals surface area contributed by atoms with Gasteiger partial charge in [0, 0.05) is 23.2 Å². The topological polar surface area (TPSA) is 47.4 Å². The minimum absolute atomic E-state index is 0.125. The van der Waals surface area contributed by atoms with Crippen molar-refractivity contribution in [1.29, 1.82) is 0 Å². The summed E-state index contributed by atoms with van der Waals surface area (Å²) in [5.74, 6) is 1.80. The van der Waals surface area contributed by atoms with Gasteiger partial charge in [0.1, 0.15) is 10.4 Å². The summed E-state index contributed by atoms with van der Waals surface area (Å²) in [5, 5.41) is 0.888. The van der Waals surface area contributed by atoms with Gasteiger partial charge in [-0.1, -0.05) is 23.9 Å². The van der Waals surface area contributed by atoms with Gasteiger partial charge < -0.3 is 9.64 Å². The largest absolute Gasteiger partial charge is 0.497 e. The van der Waals surface area contributed by atoms with E-state index in [0.29, 0.717) is 6.04 Å². The summed E-state index contributed by atoms with van der Waals surface area (Å²) in [6.45, 7) is 3.48. The van der Waals surface area contributed by atoms with Crippen LogP contribution in [-0.2, 0) is 0 Å². The molecule has 0 N–H and O–H groups in total. The smallest absolute Gasteiger partial charge is 0.272 e. The van der Waals surface area contributed by atoms with E-state index in [0.717, 1.165) is 56.7 Å². The number of hydrogen-bond acceptors (Lipinski definition) is 6. The summed E-state index contributed by atoms with van der Waals surface area (Å²) in [4.78, 5) is 21.8. The van der Waals surface area contributed by atoms with E-state index in [4.69, 9.17) is 9.72 Å². The van der Waals surface area contributed by atoms with Crippen LogP contribution in [0.1, 0.15) is 31.7 Å². The zero-order chi connectivity index (χ0) is 19.8. The molecule has 3 heterocycles. The Morgan fingerprint density at radius 2 is 2.07 bits per heavy atom. The molecule has 3 aromatic rings. The average Bonchev–Trinajstić information content (AvgIpc) is 3.25. The van der Waals surface area contributed by atoms with Gasteiger partial charge in [-0.2, -0.15) is 0 Å². The SMILES string of the molecule is COc1cccc(-c2cc3nc(SCCN4CCCC4)n(C4CC4)c(=O)c3s2)c1. The first kappa shape index (κ1) is 19.2. The van der Waals surface area contributed by atoms with Crippen molar-refractivity contribution in [2.75, 3.05) is 32.5 Å². The molecule has 0 bridgehead atoms. The van der Waals surface area contributed by atoms with Crippen molar-refractivity contribution in [3.05, 3.63) is 40.7 Å². The average molecular weight is 428 g/mol. The molecule has 2 aliphatic rings. The second-order valence-electron chi connectivity index (χ2n) is 7.75. The lowest BCUT2D eigenvalue weighted by Crippen LogP contribution is -2.24. The normalized spacial score (nSPS) is 17.3. The van der Waals surface area contributed by atoms with Crippen molar-refractivity contribution in [2.24, 2.45) is 0 Å². The van der Waals surface area contributed by atoms with Gasteiger partial charge in [-0.15, -0.1) is 11.3 Å². The molecule has 29 heavy (non-hydrogen) atoms. The Labute approximate surface area is 178 Å². The summed E-state index contributed by atoms with van der Waals surface area (Å²) in [5.41, 5.74) is 2.01. The maximum absolute atomic E-state index is 13.3. The number of rotatable bonds is 7. The van der Waals surface area contributed by atoms with Crippen LogP contribution in [0.25, 0.3) is 20.7 Å². The molecule has 2 fully saturated rings. The molecule has 0 unspecified atom stereocenters. The molecule has 0 amide bonds. The first-order valence-electron chi connectivity index (χ1n) is 10.3. The number of methoxy groups -OCH3 is 1. The van der Waals surface area contributed by atoms with Gasteiger partial charge in [0.2, 0.25) is 0 Å². The highest BCUT2D eigenvalue weighted by molar-refractivity contribution is 7.99. The van der Waals surface area contributed by atoms with E-state index < -0.39 is 0 Å². The predicted molar refractivity (Wildman–Crippen MR) is 121 cm³/mol. The number of ether oxygens (including phenoxy) is 1. The van der Waals surface area contributed by atoms with Gasteiger partial charge in [0.05, 0.1) is 12.6 Å². The molecular formula is C22H25N3O2S2.